The smallest absolute Gasteiger partial charge is 0.253 e. The SMILES string of the molecule is CCc1ccc2[nH]c(=O)c(CN(Cc3ccc(Cl)cc3)C(C)=O)cc2c1. The van der Waals surface area contributed by atoms with Crippen LogP contribution in [0.2, 0.25) is 5.02 Å². The Morgan fingerprint density at radius 1 is 1.04 bits per heavy atom. The van der Waals surface area contributed by atoms with Gasteiger partial charge in [-0.1, -0.05) is 36.7 Å². The number of amides is 1. The Balaban J connectivity index is 1.90. The number of aromatic nitrogens is 1. The maximum absolute atomic E-state index is 12.4. The summed E-state index contributed by atoms with van der Waals surface area (Å²) in [5.74, 6) is -0.0817. The van der Waals surface area contributed by atoms with Crippen molar-refractivity contribution in [2.45, 2.75) is 33.4 Å². The summed E-state index contributed by atoms with van der Waals surface area (Å²) in [6, 6.07) is 15.3. The molecule has 0 atom stereocenters. The lowest BCUT2D eigenvalue weighted by Gasteiger charge is -2.21. The van der Waals surface area contributed by atoms with Gasteiger partial charge >= 0.3 is 0 Å². The van der Waals surface area contributed by atoms with E-state index in [2.05, 4.69) is 18.0 Å². The van der Waals surface area contributed by atoms with Crippen LogP contribution in [0.25, 0.3) is 10.9 Å². The molecule has 0 aliphatic rings. The van der Waals surface area contributed by atoms with E-state index in [9.17, 15) is 9.59 Å². The number of fused-ring (bicyclic) bond motifs is 1. The molecule has 3 rings (SSSR count). The van der Waals surface area contributed by atoms with Crippen LogP contribution >= 0.6 is 11.6 Å². The van der Waals surface area contributed by atoms with Crippen molar-refractivity contribution in [3.63, 3.8) is 0 Å². The minimum Gasteiger partial charge on any atom is -0.334 e. The van der Waals surface area contributed by atoms with Crippen LogP contribution in [0.15, 0.2) is 53.3 Å². The van der Waals surface area contributed by atoms with Gasteiger partial charge in [-0.05, 0) is 53.3 Å². The Labute approximate surface area is 157 Å². The van der Waals surface area contributed by atoms with Gasteiger partial charge in [0.05, 0.1) is 6.54 Å². The van der Waals surface area contributed by atoms with Crippen molar-refractivity contribution < 1.29 is 4.79 Å². The van der Waals surface area contributed by atoms with Gasteiger partial charge in [0.15, 0.2) is 0 Å². The summed E-state index contributed by atoms with van der Waals surface area (Å²) < 4.78 is 0. The van der Waals surface area contributed by atoms with Crippen molar-refractivity contribution in [1.29, 1.82) is 0 Å². The molecular formula is C21H21ClN2O2. The first-order valence-electron chi connectivity index (χ1n) is 8.61. The molecule has 3 aromatic rings. The number of hydrogen-bond acceptors (Lipinski definition) is 2. The largest absolute Gasteiger partial charge is 0.334 e. The predicted molar refractivity (Wildman–Crippen MR) is 105 cm³/mol. The molecule has 0 aliphatic carbocycles. The number of halogens is 1. The van der Waals surface area contributed by atoms with E-state index >= 15 is 0 Å². The minimum absolute atomic E-state index is 0.0817. The zero-order chi connectivity index (χ0) is 18.7. The molecule has 134 valence electrons. The van der Waals surface area contributed by atoms with Crippen LogP contribution < -0.4 is 5.56 Å². The third-order valence-electron chi connectivity index (χ3n) is 4.49. The second-order valence-corrected chi connectivity index (χ2v) is 6.84. The molecular weight excluding hydrogens is 348 g/mol. The average molecular weight is 369 g/mol. The molecule has 0 aliphatic heterocycles. The molecule has 1 N–H and O–H groups in total. The standard InChI is InChI=1S/C21H21ClN2O2/c1-3-15-6-9-20-17(10-15)11-18(21(26)23-20)13-24(14(2)25)12-16-4-7-19(22)8-5-16/h4-11H,3,12-13H2,1-2H3,(H,23,26). The van der Waals surface area contributed by atoms with Gasteiger partial charge in [-0.15, -0.1) is 0 Å². The first-order chi connectivity index (χ1) is 12.5. The van der Waals surface area contributed by atoms with Gasteiger partial charge in [0.25, 0.3) is 5.56 Å². The number of carbonyl (C=O) groups excluding carboxylic acids is 1. The van der Waals surface area contributed by atoms with Crippen molar-refractivity contribution in [1.82, 2.24) is 9.88 Å². The zero-order valence-corrected chi connectivity index (χ0v) is 15.6. The monoisotopic (exact) mass is 368 g/mol. The highest BCUT2D eigenvalue weighted by Crippen LogP contribution is 2.17. The Bertz CT molecular complexity index is 993. The van der Waals surface area contributed by atoms with E-state index in [4.69, 9.17) is 11.6 Å². The van der Waals surface area contributed by atoms with E-state index in [0.29, 0.717) is 17.1 Å². The van der Waals surface area contributed by atoms with E-state index in [1.165, 1.54) is 12.5 Å². The lowest BCUT2D eigenvalue weighted by atomic mass is 10.1. The van der Waals surface area contributed by atoms with Crippen LogP contribution in [0.1, 0.15) is 30.5 Å². The average Bonchev–Trinajstić information content (AvgIpc) is 2.63. The third kappa shape index (κ3) is 4.14. The topological polar surface area (TPSA) is 53.2 Å². The number of carbonyl (C=O) groups is 1. The van der Waals surface area contributed by atoms with E-state index in [1.54, 1.807) is 17.0 Å². The summed E-state index contributed by atoms with van der Waals surface area (Å²) >= 11 is 5.92. The van der Waals surface area contributed by atoms with Gasteiger partial charge in [-0.25, -0.2) is 0 Å². The molecule has 0 radical (unpaired) electrons. The van der Waals surface area contributed by atoms with Crippen LogP contribution in [0.5, 0.6) is 0 Å². The van der Waals surface area contributed by atoms with E-state index in [1.807, 2.05) is 30.3 Å². The summed E-state index contributed by atoms with van der Waals surface area (Å²) in [7, 11) is 0. The Hall–Kier alpha value is -2.59. The highest BCUT2D eigenvalue weighted by atomic mass is 35.5. The normalized spacial score (nSPS) is 10.9. The lowest BCUT2D eigenvalue weighted by Crippen LogP contribution is -2.30. The van der Waals surface area contributed by atoms with Gasteiger partial charge in [0, 0.05) is 29.6 Å². The molecule has 4 nitrogen and oxygen atoms in total. The molecule has 0 unspecified atom stereocenters. The Morgan fingerprint density at radius 3 is 2.38 bits per heavy atom. The van der Waals surface area contributed by atoms with Crippen molar-refractivity contribution in [2.75, 3.05) is 0 Å². The van der Waals surface area contributed by atoms with Gasteiger partial charge < -0.3 is 9.88 Å². The fourth-order valence-electron chi connectivity index (χ4n) is 2.93. The number of aryl methyl sites for hydroxylation is 1. The molecule has 5 heteroatoms. The van der Waals surface area contributed by atoms with Crippen LogP contribution in [0.4, 0.5) is 0 Å². The van der Waals surface area contributed by atoms with Gasteiger partial charge in [-0.3, -0.25) is 9.59 Å². The lowest BCUT2D eigenvalue weighted by molar-refractivity contribution is -0.130. The molecule has 1 aromatic heterocycles. The first kappa shape index (κ1) is 18.2. The van der Waals surface area contributed by atoms with Gasteiger partial charge in [0.1, 0.15) is 0 Å². The van der Waals surface area contributed by atoms with Crippen molar-refractivity contribution in [3.05, 3.63) is 80.6 Å². The maximum atomic E-state index is 12.4. The predicted octanol–water partition coefficient (Wildman–Crippen LogP) is 4.29. The van der Waals surface area contributed by atoms with Crippen LogP contribution in [-0.2, 0) is 24.3 Å². The second-order valence-electron chi connectivity index (χ2n) is 6.40. The zero-order valence-electron chi connectivity index (χ0n) is 14.9. The van der Waals surface area contributed by atoms with Crippen molar-refractivity contribution >= 4 is 28.4 Å². The quantitative estimate of drug-likeness (QED) is 0.730. The summed E-state index contributed by atoms with van der Waals surface area (Å²) in [6.45, 7) is 4.30. The number of nitrogens with zero attached hydrogens (tertiary/aromatic N) is 1. The highest BCUT2D eigenvalue weighted by Gasteiger charge is 2.13. The molecule has 2 aromatic carbocycles. The molecule has 1 amide bonds. The molecule has 26 heavy (non-hydrogen) atoms. The van der Waals surface area contributed by atoms with Gasteiger partial charge in [0.2, 0.25) is 5.91 Å². The third-order valence-corrected chi connectivity index (χ3v) is 4.74. The summed E-state index contributed by atoms with van der Waals surface area (Å²) in [5.41, 5.74) is 3.40. The Morgan fingerprint density at radius 2 is 1.73 bits per heavy atom. The summed E-state index contributed by atoms with van der Waals surface area (Å²) in [5, 5.41) is 1.63. The molecule has 0 spiro atoms. The summed E-state index contributed by atoms with van der Waals surface area (Å²) in [6.07, 6.45) is 0.931. The molecule has 0 saturated heterocycles. The number of rotatable bonds is 5. The minimum atomic E-state index is -0.163. The first-order valence-corrected chi connectivity index (χ1v) is 8.99. The number of H-pyrrole nitrogens is 1. The van der Waals surface area contributed by atoms with Crippen molar-refractivity contribution in [3.8, 4) is 0 Å². The van der Waals surface area contributed by atoms with E-state index in [0.717, 1.165) is 22.9 Å². The number of nitrogens with one attached hydrogen (secondary N) is 1. The number of pyridine rings is 1. The fourth-order valence-corrected chi connectivity index (χ4v) is 3.06. The molecule has 0 bridgehead atoms. The molecule has 1 heterocycles. The highest BCUT2D eigenvalue weighted by molar-refractivity contribution is 6.30. The van der Waals surface area contributed by atoms with Crippen molar-refractivity contribution in [2.24, 2.45) is 0 Å². The second kappa shape index (κ2) is 7.75. The van der Waals surface area contributed by atoms with Crippen LogP contribution in [0, 0.1) is 0 Å². The summed E-state index contributed by atoms with van der Waals surface area (Å²) in [4.78, 5) is 29.1. The van der Waals surface area contributed by atoms with Crippen LogP contribution in [0.3, 0.4) is 0 Å². The number of aromatic amines is 1. The van der Waals surface area contributed by atoms with E-state index in [-0.39, 0.29) is 18.0 Å². The van der Waals surface area contributed by atoms with E-state index < -0.39 is 0 Å². The molecule has 0 saturated carbocycles. The fraction of sp³-hybridized carbons (Fsp3) is 0.238. The molecule has 0 fully saturated rings. The maximum Gasteiger partial charge on any atom is 0.253 e. The van der Waals surface area contributed by atoms with Crippen LogP contribution in [-0.4, -0.2) is 15.8 Å². The number of benzene rings is 2. The van der Waals surface area contributed by atoms with Gasteiger partial charge in [-0.2, -0.15) is 0 Å². The Kier molecular flexibility index (Phi) is 5.43. The number of hydrogen-bond donors (Lipinski definition) is 1.